The summed E-state index contributed by atoms with van der Waals surface area (Å²) >= 11 is 1.92. The number of carbonyl (C=O) groups excluding carboxylic acids is 1. The van der Waals surface area contributed by atoms with Crippen molar-refractivity contribution in [3.63, 3.8) is 0 Å². The van der Waals surface area contributed by atoms with Gasteiger partial charge in [0.15, 0.2) is 0 Å². The van der Waals surface area contributed by atoms with E-state index in [1.807, 2.05) is 22.6 Å². The van der Waals surface area contributed by atoms with E-state index in [1.54, 1.807) is 6.07 Å². The third-order valence-electron chi connectivity index (χ3n) is 3.55. The van der Waals surface area contributed by atoms with E-state index in [4.69, 9.17) is 15.6 Å². The minimum Gasteiger partial charge on any atom is -0.490 e. The molecule has 0 saturated carbocycles. The molecule has 6 N–H and O–H groups in total. The van der Waals surface area contributed by atoms with Gasteiger partial charge in [0.25, 0.3) is 5.91 Å². The molecule has 2 aromatic rings. The molecule has 0 aromatic heterocycles. The van der Waals surface area contributed by atoms with Gasteiger partial charge in [-0.3, -0.25) is 4.79 Å². The minimum absolute atomic E-state index is 0.00907. The Morgan fingerprint density at radius 1 is 1.19 bits per heavy atom. The number of halogens is 3. The molecule has 1 amide bonds. The topological polar surface area (TPSA) is 125 Å². The third kappa shape index (κ3) is 5.48. The number of primary amides is 1. The van der Waals surface area contributed by atoms with E-state index in [9.17, 15) is 23.8 Å². The predicted molar refractivity (Wildman–Crippen MR) is 102 cm³/mol. The molecule has 0 aliphatic heterocycles. The van der Waals surface area contributed by atoms with E-state index in [-0.39, 0.29) is 22.7 Å². The fourth-order valence-corrected chi connectivity index (χ4v) is 2.65. The van der Waals surface area contributed by atoms with Gasteiger partial charge in [-0.2, -0.15) is 0 Å². The van der Waals surface area contributed by atoms with Crippen molar-refractivity contribution < 1.29 is 33.6 Å². The highest BCUT2D eigenvalue weighted by atomic mass is 127. The highest BCUT2D eigenvalue weighted by molar-refractivity contribution is 14.1. The van der Waals surface area contributed by atoms with E-state index < -0.39 is 43.0 Å². The predicted octanol–water partition coefficient (Wildman–Crippen LogP) is 1.50. The number of nitrogens with one attached hydrogen (secondary N) is 1. The Bertz CT molecular complexity index is 837. The number of anilines is 2. The SMILES string of the molecule is NC(=O)c1c(Nc2ccc(I)cc2F)cc(F)cc1OC[C@@H](O)[C@H](O)CO. The van der Waals surface area contributed by atoms with Gasteiger partial charge in [-0.25, -0.2) is 8.78 Å². The number of hydrogen-bond donors (Lipinski definition) is 5. The number of rotatable bonds is 8. The van der Waals surface area contributed by atoms with Gasteiger partial charge in [0.2, 0.25) is 0 Å². The molecule has 7 nitrogen and oxygen atoms in total. The number of hydrogen-bond acceptors (Lipinski definition) is 6. The lowest BCUT2D eigenvalue weighted by atomic mass is 10.1. The van der Waals surface area contributed by atoms with E-state index in [2.05, 4.69) is 5.32 Å². The molecule has 2 aromatic carbocycles. The molecule has 2 rings (SSSR count). The Hall–Kier alpha value is -2.02. The summed E-state index contributed by atoms with van der Waals surface area (Å²) < 4.78 is 33.9. The van der Waals surface area contributed by atoms with E-state index in [0.29, 0.717) is 3.57 Å². The van der Waals surface area contributed by atoms with Crippen LogP contribution in [0.15, 0.2) is 30.3 Å². The Morgan fingerprint density at radius 3 is 2.48 bits per heavy atom. The van der Waals surface area contributed by atoms with Crippen molar-refractivity contribution in [3.8, 4) is 5.75 Å². The maximum Gasteiger partial charge on any atom is 0.254 e. The van der Waals surface area contributed by atoms with Crippen molar-refractivity contribution in [3.05, 3.63) is 51.1 Å². The first-order valence-corrected chi connectivity index (χ1v) is 8.76. The fraction of sp³-hybridized carbons (Fsp3) is 0.235. The monoisotopic (exact) mass is 494 g/mol. The van der Waals surface area contributed by atoms with Gasteiger partial charge >= 0.3 is 0 Å². The maximum absolute atomic E-state index is 14.1. The van der Waals surface area contributed by atoms with Crippen molar-refractivity contribution in [2.45, 2.75) is 12.2 Å². The summed E-state index contributed by atoms with van der Waals surface area (Å²) in [6, 6.07) is 6.08. The molecule has 0 aliphatic rings. The van der Waals surface area contributed by atoms with Crippen LogP contribution in [-0.4, -0.2) is 46.6 Å². The summed E-state index contributed by atoms with van der Waals surface area (Å²) in [6.07, 6.45) is -2.96. The van der Waals surface area contributed by atoms with Gasteiger partial charge < -0.3 is 31.1 Å². The van der Waals surface area contributed by atoms with E-state index >= 15 is 0 Å². The van der Waals surface area contributed by atoms with Crippen LogP contribution in [0.1, 0.15) is 10.4 Å². The molecule has 0 aliphatic carbocycles. The molecule has 0 fully saturated rings. The largest absolute Gasteiger partial charge is 0.490 e. The number of aliphatic hydroxyl groups excluding tert-OH is 3. The van der Waals surface area contributed by atoms with Gasteiger partial charge in [0, 0.05) is 9.64 Å². The van der Waals surface area contributed by atoms with Crippen LogP contribution in [0.2, 0.25) is 0 Å². The normalized spacial score (nSPS) is 13.1. The van der Waals surface area contributed by atoms with Crippen LogP contribution in [0, 0.1) is 15.2 Å². The first kappa shape index (κ1) is 21.3. The van der Waals surface area contributed by atoms with Crippen LogP contribution in [0.5, 0.6) is 5.75 Å². The molecule has 0 unspecified atom stereocenters. The first-order valence-electron chi connectivity index (χ1n) is 7.68. The van der Waals surface area contributed by atoms with Crippen molar-refractivity contribution in [1.82, 2.24) is 0 Å². The molecular formula is C17H17F2IN2O5. The Kier molecular flexibility index (Phi) is 7.30. The van der Waals surface area contributed by atoms with Crippen LogP contribution in [0.4, 0.5) is 20.2 Å². The number of nitrogens with two attached hydrogens (primary N) is 1. The van der Waals surface area contributed by atoms with Crippen LogP contribution >= 0.6 is 22.6 Å². The lowest BCUT2D eigenvalue weighted by Gasteiger charge is -2.19. The molecule has 0 heterocycles. The second kappa shape index (κ2) is 9.26. The Morgan fingerprint density at radius 2 is 1.89 bits per heavy atom. The molecule has 0 saturated heterocycles. The van der Waals surface area contributed by atoms with Gasteiger partial charge in [0.05, 0.1) is 18.0 Å². The van der Waals surface area contributed by atoms with Crippen molar-refractivity contribution in [2.75, 3.05) is 18.5 Å². The molecular weight excluding hydrogens is 477 g/mol. The third-order valence-corrected chi connectivity index (χ3v) is 4.23. The maximum atomic E-state index is 14.1. The van der Waals surface area contributed by atoms with Crippen molar-refractivity contribution in [1.29, 1.82) is 0 Å². The summed E-state index contributed by atoms with van der Waals surface area (Å²) in [5.74, 6) is -2.71. The van der Waals surface area contributed by atoms with Gasteiger partial charge in [-0.05, 0) is 46.9 Å². The average molecular weight is 494 g/mol. The zero-order valence-electron chi connectivity index (χ0n) is 13.8. The first-order chi connectivity index (χ1) is 12.7. The highest BCUT2D eigenvalue weighted by Gasteiger charge is 2.21. The fourth-order valence-electron chi connectivity index (χ4n) is 2.19. The lowest BCUT2D eigenvalue weighted by Crippen LogP contribution is -2.34. The van der Waals surface area contributed by atoms with Gasteiger partial charge in [-0.1, -0.05) is 0 Å². The number of benzene rings is 2. The second-order valence-electron chi connectivity index (χ2n) is 5.57. The van der Waals surface area contributed by atoms with E-state index in [0.717, 1.165) is 12.1 Å². The minimum atomic E-state index is -1.48. The summed E-state index contributed by atoms with van der Waals surface area (Å²) in [6.45, 7) is -1.25. The lowest BCUT2D eigenvalue weighted by molar-refractivity contribution is -0.0340. The smallest absolute Gasteiger partial charge is 0.254 e. The summed E-state index contributed by atoms with van der Waals surface area (Å²) in [7, 11) is 0. The molecule has 2 atom stereocenters. The van der Waals surface area contributed by atoms with Gasteiger partial charge in [0.1, 0.15) is 41.8 Å². The Balaban J connectivity index is 2.37. The molecule has 27 heavy (non-hydrogen) atoms. The number of amides is 1. The van der Waals surface area contributed by atoms with Gasteiger partial charge in [-0.15, -0.1) is 0 Å². The molecule has 0 radical (unpaired) electrons. The van der Waals surface area contributed by atoms with E-state index in [1.165, 1.54) is 12.1 Å². The highest BCUT2D eigenvalue weighted by Crippen LogP contribution is 2.31. The average Bonchev–Trinajstić information content (AvgIpc) is 2.60. The van der Waals surface area contributed by atoms with Crippen LogP contribution in [0.3, 0.4) is 0 Å². The van der Waals surface area contributed by atoms with Crippen LogP contribution in [0.25, 0.3) is 0 Å². The number of aliphatic hydroxyl groups is 3. The van der Waals surface area contributed by atoms with Crippen LogP contribution < -0.4 is 15.8 Å². The van der Waals surface area contributed by atoms with Crippen molar-refractivity contribution >= 4 is 39.9 Å². The second-order valence-corrected chi connectivity index (χ2v) is 6.81. The molecule has 0 bridgehead atoms. The van der Waals surface area contributed by atoms with Crippen molar-refractivity contribution in [2.24, 2.45) is 5.73 Å². The summed E-state index contributed by atoms with van der Waals surface area (Å²) in [5.41, 5.74) is 4.94. The zero-order chi connectivity index (χ0) is 20.1. The molecule has 10 heteroatoms. The summed E-state index contributed by atoms with van der Waals surface area (Å²) in [5, 5.41) is 30.4. The summed E-state index contributed by atoms with van der Waals surface area (Å²) in [4.78, 5) is 11.9. The quantitative estimate of drug-likeness (QED) is 0.355. The molecule has 0 spiro atoms. The van der Waals surface area contributed by atoms with Crippen LogP contribution in [-0.2, 0) is 0 Å². The number of carbonyl (C=O) groups is 1. The zero-order valence-corrected chi connectivity index (χ0v) is 16.0. The Labute approximate surface area is 166 Å². The number of ether oxygens (including phenoxy) is 1. The standard InChI is InChI=1S/C17H17F2IN2O5/c18-8-3-12(22-11-2-1-9(20)5-10(11)19)16(17(21)26)15(4-8)27-7-14(25)13(24)6-23/h1-5,13-14,22-25H,6-7H2,(H2,21,26)/t13-,14-/m1/s1. The molecule has 146 valence electrons.